The summed E-state index contributed by atoms with van der Waals surface area (Å²) in [7, 11) is 0. The summed E-state index contributed by atoms with van der Waals surface area (Å²) < 4.78 is 0. The second-order valence-electron chi connectivity index (χ2n) is 11.4. The van der Waals surface area contributed by atoms with Gasteiger partial charge in [-0.1, -0.05) is 89.0 Å². The van der Waals surface area contributed by atoms with Crippen molar-refractivity contribution in [3.8, 4) is 0 Å². The molecule has 2 unspecified atom stereocenters. The van der Waals surface area contributed by atoms with Gasteiger partial charge in [-0.05, 0) is 65.1 Å². The van der Waals surface area contributed by atoms with E-state index in [-0.39, 0.29) is 0 Å². The van der Waals surface area contributed by atoms with Gasteiger partial charge in [0.1, 0.15) is 0 Å². The van der Waals surface area contributed by atoms with Crippen LogP contribution in [0.2, 0.25) is 0 Å². The Bertz CT molecular complexity index is 386. The molecule has 0 aromatic heterocycles. The minimum absolute atomic E-state index is 0.339. The maximum Gasteiger partial charge on any atom is -0.0182 e. The number of hydrogen-bond donors (Lipinski definition) is 0. The van der Waals surface area contributed by atoms with Gasteiger partial charge in [0.2, 0.25) is 0 Å². The standard InChI is InChI=1S/C24H48/c1-12-13-14-21(6,7)23(10,11)24(22(8,9)18(2)3)16-19(4)15-20(5)17-24/h18-20H,12-17H2,1-11H3. The molecule has 0 N–H and O–H groups in total. The Kier molecular flexibility index (Phi) is 6.72. The smallest absolute Gasteiger partial charge is 0.0182 e. The normalized spacial score (nSPS) is 30.0. The van der Waals surface area contributed by atoms with E-state index < -0.39 is 0 Å². The second kappa shape index (κ2) is 7.32. The Morgan fingerprint density at radius 3 is 1.75 bits per heavy atom. The van der Waals surface area contributed by atoms with Crippen molar-refractivity contribution in [3.63, 3.8) is 0 Å². The highest BCUT2D eigenvalue weighted by molar-refractivity contribution is 5.10. The number of rotatable bonds is 7. The summed E-state index contributed by atoms with van der Waals surface area (Å²) in [6, 6.07) is 0. The minimum atomic E-state index is 0.339. The fourth-order valence-electron chi connectivity index (χ4n) is 6.10. The molecule has 0 heterocycles. The first-order valence-electron chi connectivity index (χ1n) is 10.7. The summed E-state index contributed by atoms with van der Waals surface area (Å²) in [5.74, 6) is 2.43. The summed E-state index contributed by atoms with van der Waals surface area (Å²) >= 11 is 0. The van der Waals surface area contributed by atoms with Gasteiger partial charge >= 0.3 is 0 Å². The maximum atomic E-state index is 2.62. The maximum absolute atomic E-state index is 2.62. The van der Waals surface area contributed by atoms with E-state index in [4.69, 9.17) is 0 Å². The molecule has 1 saturated carbocycles. The zero-order valence-corrected chi connectivity index (χ0v) is 19.0. The van der Waals surface area contributed by atoms with E-state index in [2.05, 4.69) is 76.2 Å². The molecule has 0 amide bonds. The molecule has 1 fully saturated rings. The molecular formula is C24H48. The van der Waals surface area contributed by atoms with Crippen LogP contribution in [0, 0.1) is 39.4 Å². The lowest BCUT2D eigenvalue weighted by molar-refractivity contribution is -0.176. The Labute approximate surface area is 154 Å². The van der Waals surface area contributed by atoms with Crippen molar-refractivity contribution in [2.24, 2.45) is 39.4 Å². The first kappa shape index (κ1) is 22.0. The van der Waals surface area contributed by atoms with Gasteiger partial charge in [-0.3, -0.25) is 0 Å². The molecule has 0 heteroatoms. The lowest BCUT2D eigenvalue weighted by atomic mass is 9.38. The average molecular weight is 337 g/mol. The van der Waals surface area contributed by atoms with Crippen molar-refractivity contribution in [2.75, 3.05) is 0 Å². The van der Waals surface area contributed by atoms with Crippen LogP contribution < -0.4 is 0 Å². The van der Waals surface area contributed by atoms with Crippen LogP contribution in [-0.4, -0.2) is 0 Å². The summed E-state index contributed by atoms with van der Waals surface area (Å²) in [4.78, 5) is 0. The van der Waals surface area contributed by atoms with Crippen LogP contribution in [0.25, 0.3) is 0 Å². The summed E-state index contributed by atoms with van der Waals surface area (Å²) in [5, 5.41) is 0. The van der Waals surface area contributed by atoms with Crippen molar-refractivity contribution >= 4 is 0 Å². The van der Waals surface area contributed by atoms with E-state index in [1.54, 1.807) is 0 Å². The predicted molar refractivity (Wildman–Crippen MR) is 110 cm³/mol. The van der Waals surface area contributed by atoms with E-state index in [1.807, 2.05) is 0 Å². The van der Waals surface area contributed by atoms with E-state index in [1.165, 1.54) is 38.5 Å². The highest BCUT2D eigenvalue weighted by Gasteiger charge is 2.61. The fourth-order valence-corrected chi connectivity index (χ4v) is 6.10. The zero-order valence-electron chi connectivity index (χ0n) is 19.0. The van der Waals surface area contributed by atoms with Gasteiger partial charge in [0, 0.05) is 0 Å². The Morgan fingerprint density at radius 2 is 1.38 bits per heavy atom. The van der Waals surface area contributed by atoms with E-state index in [0.29, 0.717) is 21.7 Å². The molecule has 0 aliphatic heterocycles. The van der Waals surface area contributed by atoms with Crippen molar-refractivity contribution in [1.29, 1.82) is 0 Å². The first-order valence-corrected chi connectivity index (χ1v) is 10.7. The highest BCUT2D eigenvalue weighted by Crippen LogP contribution is 2.69. The van der Waals surface area contributed by atoms with Crippen molar-refractivity contribution in [3.05, 3.63) is 0 Å². The molecule has 0 bridgehead atoms. The number of unbranched alkanes of at least 4 members (excludes halogenated alkanes) is 1. The number of hydrogen-bond acceptors (Lipinski definition) is 0. The molecule has 0 radical (unpaired) electrons. The van der Waals surface area contributed by atoms with Gasteiger partial charge in [-0.25, -0.2) is 0 Å². The SMILES string of the molecule is CCCCC(C)(C)C(C)(C)C1(C(C)(C)C(C)C)CC(C)CC(C)C1. The predicted octanol–water partition coefficient (Wildman–Crippen LogP) is 8.35. The van der Waals surface area contributed by atoms with Crippen LogP contribution in [0.3, 0.4) is 0 Å². The molecule has 2 atom stereocenters. The summed E-state index contributed by atoms with van der Waals surface area (Å²) in [6.45, 7) is 27.8. The Hall–Kier alpha value is 0. The quantitative estimate of drug-likeness (QED) is 0.438. The molecule has 144 valence electrons. The molecule has 1 rings (SSSR count). The molecular weight excluding hydrogens is 288 g/mol. The largest absolute Gasteiger partial charge is 0.0654 e. The van der Waals surface area contributed by atoms with Crippen LogP contribution in [0.5, 0.6) is 0 Å². The topological polar surface area (TPSA) is 0 Å². The lowest BCUT2D eigenvalue weighted by Crippen LogP contribution is -2.59. The summed E-state index contributed by atoms with van der Waals surface area (Å²) in [6.07, 6.45) is 8.26. The van der Waals surface area contributed by atoms with Gasteiger partial charge in [0.25, 0.3) is 0 Å². The van der Waals surface area contributed by atoms with Crippen molar-refractivity contribution in [1.82, 2.24) is 0 Å². The molecule has 1 aliphatic carbocycles. The van der Waals surface area contributed by atoms with Gasteiger partial charge in [0.15, 0.2) is 0 Å². The molecule has 0 saturated heterocycles. The Balaban J connectivity index is 3.47. The molecule has 0 spiro atoms. The fraction of sp³-hybridized carbons (Fsp3) is 1.00. The first-order chi connectivity index (χ1) is 10.7. The monoisotopic (exact) mass is 336 g/mol. The molecule has 24 heavy (non-hydrogen) atoms. The van der Waals surface area contributed by atoms with Crippen LogP contribution in [-0.2, 0) is 0 Å². The van der Waals surface area contributed by atoms with Gasteiger partial charge < -0.3 is 0 Å². The molecule has 1 aliphatic rings. The van der Waals surface area contributed by atoms with Crippen molar-refractivity contribution in [2.45, 2.75) is 115 Å². The van der Waals surface area contributed by atoms with E-state index in [9.17, 15) is 0 Å². The van der Waals surface area contributed by atoms with Crippen molar-refractivity contribution < 1.29 is 0 Å². The second-order valence-corrected chi connectivity index (χ2v) is 11.4. The average Bonchev–Trinajstić information content (AvgIpc) is 2.43. The van der Waals surface area contributed by atoms with Crippen LogP contribution in [0.4, 0.5) is 0 Å². The third-order valence-corrected chi connectivity index (χ3v) is 8.92. The van der Waals surface area contributed by atoms with Crippen LogP contribution in [0.15, 0.2) is 0 Å². The third kappa shape index (κ3) is 3.59. The van der Waals surface area contributed by atoms with E-state index >= 15 is 0 Å². The Morgan fingerprint density at radius 1 is 0.917 bits per heavy atom. The van der Waals surface area contributed by atoms with Crippen LogP contribution in [0.1, 0.15) is 115 Å². The molecule has 0 aromatic rings. The van der Waals surface area contributed by atoms with Crippen LogP contribution >= 0.6 is 0 Å². The third-order valence-electron chi connectivity index (χ3n) is 8.92. The van der Waals surface area contributed by atoms with Gasteiger partial charge in [-0.15, -0.1) is 0 Å². The highest BCUT2D eigenvalue weighted by atomic mass is 14.7. The van der Waals surface area contributed by atoms with E-state index in [0.717, 1.165) is 17.8 Å². The zero-order chi connectivity index (χ0) is 19.0. The van der Waals surface area contributed by atoms with Gasteiger partial charge in [-0.2, -0.15) is 0 Å². The summed E-state index contributed by atoms with van der Waals surface area (Å²) in [5.41, 5.74) is 1.50. The molecule has 0 aromatic carbocycles. The van der Waals surface area contributed by atoms with Gasteiger partial charge in [0.05, 0.1) is 0 Å². The minimum Gasteiger partial charge on any atom is -0.0654 e. The lowest BCUT2D eigenvalue weighted by Gasteiger charge is -2.66. The molecule has 0 nitrogen and oxygen atoms in total.